The third kappa shape index (κ3) is 7.08. The first-order valence-electron chi connectivity index (χ1n) is 6.74. The fraction of sp³-hybridized carbons (Fsp3) is 0.429. The van der Waals surface area contributed by atoms with Crippen molar-refractivity contribution in [1.29, 1.82) is 0 Å². The Morgan fingerprint density at radius 2 is 1.90 bits per heavy atom. The average Bonchev–Trinajstić information content (AvgIpc) is 2.50. The molecule has 0 unspecified atom stereocenters. The van der Waals surface area contributed by atoms with Gasteiger partial charge in [-0.3, -0.25) is 15.5 Å². The number of amides is 1. The predicted octanol–water partition coefficient (Wildman–Crippen LogP) is 1.82. The zero-order valence-corrected chi connectivity index (χ0v) is 13.2. The number of carbonyl (C=O) groups excluding carboxylic acids is 1. The van der Waals surface area contributed by atoms with E-state index >= 15 is 0 Å². The van der Waals surface area contributed by atoms with E-state index in [0.717, 1.165) is 19.6 Å². The van der Waals surface area contributed by atoms with E-state index in [2.05, 4.69) is 29.1 Å². The number of carbonyl (C=O) groups is 1. The van der Waals surface area contributed by atoms with Gasteiger partial charge in [0.15, 0.2) is 0 Å². The number of hydrogen-bond donors (Lipinski definition) is 3. The van der Waals surface area contributed by atoms with Crippen LogP contribution in [0.3, 0.4) is 0 Å². The van der Waals surface area contributed by atoms with Gasteiger partial charge in [-0.25, -0.2) is 4.99 Å². The molecule has 0 saturated heterocycles. The molecule has 0 heterocycles. The summed E-state index contributed by atoms with van der Waals surface area (Å²) in [7, 11) is 0. The van der Waals surface area contributed by atoms with Crippen LogP contribution in [0.1, 0.15) is 24.2 Å². The van der Waals surface area contributed by atoms with Crippen molar-refractivity contribution in [2.45, 2.75) is 13.8 Å². The van der Waals surface area contributed by atoms with Crippen LogP contribution in [0.2, 0.25) is 0 Å². The van der Waals surface area contributed by atoms with Crippen LogP contribution in [0, 0.1) is 0 Å². The Hall–Kier alpha value is -1.63. The molecule has 1 aromatic carbocycles. The van der Waals surface area contributed by atoms with Crippen LogP contribution in [0.5, 0.6) is 0 Å². The second-order valence-corrected chi connectivity index (χ2v) is 4.22. The van der Waals surface area contributed by atoms with E-state index in [1.54, 1.807) is 24.3 Å². The van der Waals surface area contributed by atoms with Crippen molar-refractivity contribution in [3.8, 4) is 0 Å². The fourth-order valence-corrected chi connectivity index (χ4v) is 1.77. The van der Waals surface area contributed by atoms with Gasteiger partial charge in [-0.05, 0) is 37.4 Å². The minimum Gasteiger partial charge on any atom is -0.351 e. The number of hydroxylamine groups is 1. The molecule has 0 aromatic heterocycles. The smallest absolute Gasteiger partial charge is 0.251 e. The highest BCUT2D eigenvalue weighted by Gasteiger charge is 2.05. The molecule has 1 amide bonds. The summed E-state index contributed by atoms with van der Waals surface area (Å²) in [6.45, 7) is 7.66. The number of rotatable bonds is 8. The summed E-state index contributed by atoms with van der Waals surface area (Å²) in [5.41, 5.74) is 3.08. The fourth-order valence-electron chi connectivity index (χ4n) is 1.77. The van der Waals surface area contributed by atoms with Gasteiger partial charge < -0.3 is 10.2 Å². The van der Waals surface area contributed by atoms with Crippen molar-refractivity contribution in [2.24, 2.45) is 4.99 Å². The Balaban J connectivity index is 0.00000400. The number of likely N-dealkylation sites (N-methyl/N-ethyl adjacent to an activating group) is 1. The number of nitrogens with zero attached hydrogens (tertiary/aromatic N) is 2. The Morgan fingerprint density at radius 3 is 2.43 bits per heavy atom. The molecule has 0 bridgehead atoms. The van der Waals surface area contributed by atoms with Crippen LogP contribution in [0.25, 0.3) is 0 Å². The van der Waals surface area contributed by atoms with Crippen molar-refractivity contribution in [1.82, 2.24) is 15.7 Å². The number of benzene rings is 1. The van der Waals surface area contributed by atoms with Gasteiger partial charge in [0.2, 0.25) is 0 Å². The second-order valence-electron chi connectivity index (χ2n) is 4.22. The Kier molecular flexibility index (Phi) is 10.2. The van der Waals surface area contributed by atoms with Crippen LogP contribution in [0.15, 0.2) is 29.3 Å². The summed E-state index contributed by atoms with van der Waals surface area (Å²) in [5.74, 6) is -0.0898. The number of halogens is 1. The summed E-state index contributed by atoms with van der Waals surface area (Å²) in [4.78, 5) is 18.1. The molecule has 6 nitrogen and oxygen atoms in total. The molecular weight excluding hydrogens is 292 g/mol. The van der Waals surface area contributed by atoms with Gasteiger partial charge >= 0.3 is 0 Å². The van der Waals surface area contributed by atoms with E-state index in [9.17, 15) is 4.79 Å². The maximum absolute atomic E-state index is 11.9. The van der Waals surface area contributed by atoms with E-state index in [-0.39, 0.29) is 18.3 Å². The standard InChI is InChI=1S/C14H22N4O2.ClH/c1-3-18(4-2)10-9-15-14(19)12-5-7-13(8-6-12)16-11-17-20;/h5-8,11,20H,3-4,9-10H2,1-2H3,(H,15,19)(H,16,17);1H. The van der Waals surface area contributed by atoms with Crippen LogP contribution in [0.4, 0.5) is 5.69 Å². The van der Waals surface area contributed by atoms with E-state index in [4.69, 9.17) is 5.21 Å². The summed E-state index contributed by atoms with van der Waals surface area (Å²) >= 11 is 0. The van der Waals surface area contributed by atoms with Gasteiger partial charge in [0.05, 0.1) is 5.69 Å². The van der Waals surface area contributed by atoms with Crippen LogP contribution in [-0.2, 0) is 0 Å². The topological polar surface area (TPSA) is 77.0 Å². The van der Waals surface area contributed by atoms with Crippen LogP contribution >= 0.6 is 12.4 Å². The first-order chi connectivity index (χ1) is 9.71. The summed E-state index contributed by atoms with van der Waals surface area (Å²) in [6.07, 6.45) is 1.17. The summed E-state index contributed by atoms with van der Waals surface area (Å²) in [6, 6.07) is 6.84. The first kappa shape index (κ1) is 19.4. The first-order valence-corrected chi connectivity index (χ1v) is 6.74. The molecule has 0 radical (unpaired) electrons. The van der Waals surface area contributed by atoms with Crippen molar-refractivity contribution < 1.29 is 10.0 Å². The molecular formula is C14H23ClN4O2. The maximum Gasteiger partial charge on any atom is 0.251 e. The SMILES string of the molecule is CCN(CC)CCNC(=O)c1ccc(N=CNO)cc1.Cl. The lowest BCUT2D eigenvalue weighted by Crippen LogP contribution is -2.34. The van der Waals surface area contributed by atoms with Gasteiger partial charge in [0.1, 0.15) is 6.34 Å². The maximum atomic E-state index is 11.9. The van der Waals surface area contributed by atoms with E-state index in [1.165, 1.54) is 6.34 Å². The Morgan fingerprint density at radius 1 is 1.29 bits per heavy atom. The predicted molar refractivity (Wildman–Crippen MR) is 86.9 cm³/mol. The highest BCUT2D eigenvalue weighted by atomic mass is 35.5. The minimum absolute atomic E-state index is 0. The lowest BCUT2D eigenvalue weighted by Gasteiger charge is -2.17. The van der Waals surface area contributed by atoms with Gasteiger partial charge in [0.25, 0.3) is 5.91 Å². The number of hydrogen-bond acceptors (Lipinski definition) is 4. The third-order valence-corrected chi connectivity index (χ3v) is 3.01. The second kappa shape index (κ2) is 11.1. The molecule has 0 spiro atoms. The minimum atomic E-state index is -0.0898. The largest absolute Gasteiger partial charge is 0.351 e. The molecule has 21 heavy (non-hydrogen) atoms. The molecule has 0 saturated carbocycles. The van der Waals surface area contributed by atoms with E-state index in [1.807, 2.05) is 5.48 Å². The molecule has 0 atom stereocenters. The Bertz CT molecular complexity index is 433. The molecule has 3 N–H and O–H groups in total. The molecule has 0 aliphatic rings. The van der Waals surface area contributed by atoms with Crippen LogP contribution in [-0.4, -0.2) is 48.5 Å². The van der Waals surface area contributed by atoms with Gasteiger partial charge in [0, 0.05) is 18.7 Å². The third-order valence-electron chi connectivity index (χ3n) is 3.01. The van der Waals surface area contributed by atoms with Gasteiger partial charge in [-0.1, -0.05) is 13.8 Å². The normalized spacial score (nSPS) is 10.5. The summed E-state index contributed by atoms with van der Waals surface area (Å²) in [5, 5.41) is 11.3. The number of nitrogens with one attached hydrogen (secondary N) is 2. The number of aliphatic imine (C=N–C) groups is 1. The van der Waals surface area contributed by atoms with Crippen molar-refractivity contribution >= 4 is 30.3 Å². The summed E-state index contributed by atoms with van der Waals surface area (Å²) < 4.78 is 0. The molecule has 0 fully saturated rings. The highest BCUT2D eigenvalue weighted by Crippen LogP contribution is 2.12. The van der Waals surface area contributed by atoms with E-state index < -0.39 is 0 Å². The highest BCUT2D eigenvalue weighted by molar-refractivity contribution is 5.94. The van der Waals surface area contributed by atoms with E-state index in [0.29, 0.717) is 17.8 Å². The lowest BCUT2D eigenvalue weighted by molar-refractivity contribution is 0.0949. The molecule has 118 valence electrons. The van der Waals surface area contributed by atoms with Crippen molar-refractivity contribution in [3.63, 3.8) is 0 Å². The molecule has 1 rings (SSSR count). The van der Waals surface area contributed by atoms with Crippen LogP contribution < -0.4 is 10.8 Å². The molecule has 7 heteroatoms. The average molecular weight is 315 g/mol. The lowest BCUT2D eigenvalue weighted by atomic mass is 10.2. The zero-order valence-electron chi connectivity index (χ0n) is 12.4. The van der Waals surface area contributed by atoms with Crippen molar-refractivity contribution in [2.75, 3.05) is 26.2 Å². The quantitative estimate of drug-likeness (QED) is 0.388. The Labute approximate surface area is 131 Å². The monoisotopic (exact) mass is 314 g/mol. The molecule has 1 aromatic rings. The molecule has 0 aliphatic heterocycles. The van der Waals surface area contributed by atoms with Gasteiger partial charge in [-0.2, -0.15) is 0 Å². The molecule has 0 aliphatic carbocycles. The van der Waals surface area contributed by atoms with Crippen molar-refractivity contribution in [3.05, 3.63) is 29.8 Å². The van der Waals surface area contributed by atoms with Gasteiger partial charge in [-0.15, -0.1) is 12.4 Å². The zero-order chi connectivity index (χ0) is 14.8.